The summed E-state index contributed by atoms with van der Waals surface area (Å²) in [7, 11) is 1.66. The second-order valence-corrected chi connectivity index (χ2v) is 4.31. The molecule has 0 heterocycles. The number of benzene rings is 2. The molecule has 0 aromatic heterocycles. The molecule has 0 atom stereocenters. The number of hydrogen-bond donors (Lipinski definition) is 0. The average Bonchev–Trinajstić information content (AvgIpc) is 2.42. The lowest BCUT2D eigenvalue weighted by molar-refractivity contribution is 0.374. The van der Waals surface area contributed by atoms with Crippen molar-refractivity contribution in [2.45, 2.75) is 13.3 Å². The molecule has 0 aliphatic carbocycles. The maximum absolute atomic E-state index is 5.96. The zero-order valence-corrected chi connectivity index (χ0v) is 11.3. The Morgan fingerprint density at radius 2 is 1.79 bits per heavy atom. The van der Waals surface area contributed by atoms with Crippen LogP contribution in [0.1, 0.15) is 11.1 Å². The van der Waals surface area contributed by atoms with E-state index in [1.54, 1.807) is 7.11 Å². The average molecular weight is 254 g/mol. The largest absolute Gasteiger partial charge is 0.493 e. The quantitative estimate of drug-likeness (QED) is 0.730. The van der Waals surface area contributed by atoms with Gasteiger partial charge in [0.1, 0.15) is 5.75 Å². The van der Waals surface area contributed by atoms with Crippen molar-refractivity contribution in [3.8, 4) is 17.2 Å². The van der Waals surface area contributed by atoms with Gasteiger partial charge in [-0.25, -0.2) is 0 Å². The van der Waals surface area contributed by atoms with E-state index in [1.807, 2.05) is 55.5 Å². The van der Waals surface area contributed by atoms with Gasteiger partial charge in [-0.15, -0.1) is 6.58 Å². The second kappa shape index (κ2) is 6.10. The Morgan fingerprint density at radius 1 is 1.05 bits per heavy atom. The Kier molecular flexibility index (Phi) is 4.24. The van der Waals surface area contributed by atoms with Gasteiger partial charge in [-0.2, -0.15) is 0 Å². The van der Waals surface area contributed by atoms with Gasteiger partial charge in [-0.1, -0.05) is 36.4 Å². The summed E-state index contributed by atoms with van der Waals surface area (Å²) in [5.74, 6) is 2.35. The van der Waals surface area contributed by atoms with Crippen molar-refractivity contribution in [2.24, 2.45) is 0 Å². The monoisotopic (exact) mass is 254 g/mol. The Balaban J connectivity index is 2.37. The number of para-hydroxylation sites is 2. The fraction of sp³-hybridized carbons (Fsp3) is 0.176. The number of allylic oxidation sites excluding steroid dienone is 1. The van der Waals surface area contributed by atoms with Crippen molar-refractivity contribution in [2.75, 3.05) is 7.11 Å². The molecular formula is C17H18O2. The van der Waals surface area contributed by atoms with Crippen LogP contribution in [0.4, 0.5) is 0 Å². The molecule has 2 rings (SSSR count). The maximum atomic E-state index is 5.96. The molecule has 2 nitrogen and oxygen atoms in total. The Hall–Kier alpha value is -2.22. The first-order valence-corrected chi connectivity index (χ1v) is 6.26. The van der Waals surface area contributed by atoms with Crippen molar-refractivity contribution in [1.82, 2.24) is 0 Å². The van der Waals surface area contributed by atoms with Crippen LogP contribution >= 0.6 is 0 Å². The third-order valence-corrected chi connectivity index (χ3v) is 2.94. The zero-order valence-electron chi connectivity index (χ0n) is 11.3. The van der Waals surface area contributed by atoms with Gasteiger partial charge in [0.2, 0.25) is 0 Å². The summed E-state index contributed by atoms with van der Waals surface area (Å²) in [6.45, 7) is 5.79. The highest BCUT2D eigenvalue weighted by Crippen LogP contribution is 2.35. The molecule has 2 heteroatoms. The first-order chi connectivity index (χ1) is 9.26. The van der Waals surface area contributed by atoms with Crippen LogP contribution in [0.2, 0.25) is 0 Å². The Labute approximate surface area is 114 Å². The molecule has 0 bridgehead atoms. The lowest BCUT2D eigenvalue weighted by Gasteiger charge is -2.14. The molecule has 0 unspecified atom stereocenters. The van der Waals surface area contributed by atoms with Gasteiger partial charge in [0.25, 0.3) is 0 Å². The first-order valence-electron chi connectivity index (χ1n) is 6.26. The van der Waals surface area contributed by atoms with E-state index in [9.17, 15) is 0 Å². The second-order valence-electron chi connectivity index (χ2n) is 4.31. The number of aryl methyl sites for hydroxylation is 1. The lowest BCUT2D eigenvalue weighted by atomic mass is 10.1. The summed E-state index contributed by atoms with van der Waals surface area (Å²) in [6.07, 6.45) is 2.61. The van der Waals surface area contributed by atoms with Crippen LogP contribution in [0, 0.1) is 6.92 Å². The number of hydrogen-bond acceptors (Lipinski definition) is 2. The predicted octanol–water partition coefficient (Wildman–Crippen LogP) is 4.52. The van der Waals surface area contributed by atoms with Crippen LogP contribution in [0.15, 0.2) is 55.1 Å². The van der Waals surface area contributed by atoms with E-state index in [0.29, 0.717) is 0 Å². The Morgan fingerprint density at radius 3 is 2.47 bits per heavy atom. The van der Waals surface area contributed by atoms with Crippen molar-refractivity contribution in [1.29, 1.82) is 0 Å². The number of rotatable bonds is 5. The number of methoxy groups -OCH3 is 1. The van der Waals surface area contributed by atoms with Crippen LogP contribution in [0.25, 0.3) is 0 Å². The van der Waals surface area contributed by atoms with Crippen LogP contribution in [0.5, 0.6) is 17.2 Å². The van der Waals surface area contributed by atoms with E-state index in [0.717, 1.165) is 34.8 Å². The molecule has 0 amide bonds. The highest BCUT2D eigenvalue weighted by molar-refractivity contribution is 5.50. The van der Waals surface area contributed by atoms with Gasteiger partial charge in [0.15, 0.2) is 11.5 Å². The fourth-order valence-corrected chi connectivity index (χ4v) is 1.98. The molecule has 0 radical (unpaired) electrons. The van der Waals surface area contributed by atoms with Gasteiger partial charge in [0, 0.05) is 5.56 Å². The topological polar surface area (TPSA) is 18.5 Å². The molecular weight excluding hydrogens is 236 g/mol. The van der Waals surface area contributed by atoms with Crippen molar-refractivity contribution in [3.05, 3.63) is 66.2 Å². The highest BCUT2D eigenvalue weighted by Gasteiger charge is 2.10. The van der Waals surface area contributed by atoms with E-state index < -0.39 is 0 Å². The minimum absolute atomic E-state index is 0.733. The van der Waals surface area contributed by atoms with Crippen LogP contribution in [-0.2, 0) is 6.42 Å². The van der Waals surface area contributed by atoms with Gasteiger partial charge in [-0.05, 0) is 31.0 Å². The van der Waals surface area contributed by atoms with Crippen molar-refractivity contribution >= 4 is 0 Å². The van der Waals surface area contributed by atoms with Gasteiger partial charge < -0.3 is 9.47 Å². The van der Waals surface area contributed by atoms with E-state index >= 15 is 0 Å². The molecule has 0 aliphatic rings. The summed E-state index contributed by atoms with van der Waals surface area (Å²) in [4.78, 5) is 0. The van der Waals surface area contributed by atoms with E-state index in [1.165, 1.54) is 0 Å². The van der Waals surface area contributed by atoms with E-state index in [2.05, 4.69) is 6.58 Å². The first kappa shape index (κ1) is 13.2. The third-order valence-electron chi connectivity index (χ3n) is 2.94. The smallest absolute Gasteiger partial charge is 0.169 e. The molecule has 2 aromatic rings. The molecule has 0 saturated heterocycles. The van der Waals surface area contributed by atoms with Crippen LogP contribution < -0.4 is 9.47 Å². The van der Waals surface area contributed by atoms with Gasteiger partial charge in [-0.3, -0.25) is 0 Å². The lowest BCUT2D eigenvalue weighted by Crippen LogP contribution is -1.95. The summed E-state index contributed by atoms with van der Waals surface area (Å²) < 4.78 is 11.4. The minimum atomic E-state index is 0.733. The van der Waals surface area contributed by atoms with Gasteiger partial charge >= 0.3 is 0 Å². The third kappa shape index (κ3) is 2.97. The normalized spacial score (nSPS) is 10.0. The van der Waals surface area contributed by atoms with E-state index in [4.69, 9.17) is 9.47 Å². The van der Waals surface area contributed by atoms with Crippen LogP contribution in [0.3, 0.4) is 0 Å². The van der Waals surface area contributed by atoms with Crippen molar-refractivity contribution < 1.29 is 9.47 Å². The van der Waals surface area contributed by atoms with Gasteiger partial charge in [0.05, 0.1) is 7.11 Å². The molecule has 0 spiro atoms. The standard InChI is InChI=1S/C17H18O2/c1-4-8-14-10-7-12-16(17(14)18-3)19-15-11-6-5-9-13(15)2/h4-7,9-12H,1,8H2,2-3H3. The summed E-state index contributed by atoms with van der Waals surface area (Å²) >= 11 is 0. The molecule has 0 fully saturated rings. The molecule has 0 N–H and O–H groups in total. The minimum Gasteiger partial charge on any atom is -0.493 e. The van der Waals surface area contributed by atoms with E-state index in [-0.39, 0.29) is 0 Å². The molecule has 0 saturated carbocycles. The highest BCUT2D eigenvalue weighted by atomic mass is 16.5. The molecule has 0 aliphatic heterocycles. The predicted molar refractivity (Wildman–Crippen MR) is 78.1 cm³/mol. The Bertz CT molecular complexity index is 573. The van der Waals surface area contributed by atoms with Crippen LogP contribution in [-0.4, -0.2) is 7.11 Å². The SMILES string of the molecule is C=CCc1cccc(Oc2ccccc2C)c1OC. The summed E-state index contributed by atoms with van der Waals surface area (Å²) in [6, 6.07) is 13.8. The summed E-state index contributed by atoms with van der Waals surface area (Å²) in [5.41, 5.74) is 2.17. The molecule has 98 valence electrons. The zero-order chi connectivity index (χ0) is 13.7. The summed E-state index contributed by atoms with van der Waals surface area (Å²) in [5, 5.41) is 0. The molecule has 2 aromatic carbocycles. The molecule has 19 heavy (non-hydrogen) atoms. The fourth-order valence-electron chi connectivity index (χ4n) is 1.98. The number of ether oxygens (including phenoxy) is 2. The maximum Gasteiger partial charge on any atom is 0.169 e. The van der Waals surface area contributed by atoms with Crippen molar-refractivity contribution in [3.63, 3.8) is 0 Å².